The van der Waals surface area contributed by atoms with Gasteiger partial charge in [0.15, 0.2) is 0 Å². The highest BCUT2D eigenvalue weighted by Gasteiger charge is 2.18. The number of benzene rings is 1. The predicted octanol–water partition coefficient (Wildman–Crippen LogP) is 3.24. The van der Waals surface area contributed by atoms with Crippen molar-refractivity contribution in [2.24, 2.45) is 0 Å². The lowest BCUT2D eigenvalue weighted by atomic mass is 9.98. The van der Waals surface area contributed by atoms with Gasteiger partial charge in [-0.2, -0.15) is 0 Å². The maximum atomic E-state index is 12.4. The molecule has 146 valence electrons. The number of anilines is 1. The van der Waals surface area contributed by atoms with E-state index in [0.29, 0.717) is 5.56 Å². The van der Waals surface area contributed by atoms with Crippen molar-refractivity contribution in [1.82, 2.24) is 19.7 Å². The number of hydrogen-bond donors (Lipinski definition) is 2. The first kappa shape index (κ1) is 19.0. The third-order valence-corrected chi connectivity index (χ3v) is 6.15. The summed E-state index contributed by atoms with van der Waals surface area (Å²) < 4.78 is 27.3. The van der Waals surface area contributed by atoms with Gasteiger partial charge in [0, 0.05) is 42.3 Å². The lowest BCUT2D eigenvalue weighted by Gasteiger charge is -2.11. The Bertz CT molecular complexity index is 1290. The second kappa shape index (κ2) is 7.57. The van der Waals surface area contributed by atoms with Crippen molar-refractivity contribution in [3.63, 3.8) is 0 Å². The molecule has 1 aromatic carbocycles. The minimum atomic E-state index is -3.72. The second-order valence-electron chi connectivity index (χ2n) is 6.44. The van der Waals surface area contributed by atoms with Crippen molar-refractivity contribution in [2.45, 2.75) is 11.8 Å². The Hall–Kier alpha value is -3.36. The van der Waals surface area contributed by atoms with Crippen LogP contribution in [0.5, 0.6) is 0 Å². The summed E-state index contributed by atoms with van der Waals surface area (Å²) in [6, 6.07) is 13.1. The second-order valence-corrected chi connectivity index (χ2v) is 8.17. The minimum absolute atomic E-state index is 0.0301. The largest absolute Gasteiger partial charge is 0.383 e. The topological polar surface area (TPSA) is 111 Å². The van der Waals surface area contributed by atoms with Crippen molar-refractivity contribution >= 4 is 26.7 Å². The van der Waals surface area contributed by atoms with E-state index in [0.717, 1.165) is 27.6 Å². The number of aromatic nitrogens is 3. The quantitative estimate of drug-likeness (QED) is 0.527. The summed E-state index contributed by atoms with van der Waals surface area (Å²) in [5.74, 6) is -0.0327. The van der Waals surface area contributed by atoms with Crippen LogP contribution in [0.15, 0.2) is 72.1 Å². The third kappa shape index (κ3) is 3.67. The molecule has 8 heteroatoms. The first-order chi connectivity index (χ1) is 14.0. The molecule has 4 aromatic rings. The molecule has 7 nitrogen and oxygen atoms in total. The molecule has 3 N–H and O–H groups in total. The summed E-state index contributed by atoms with van der Waals surface area (Å²) in [5, 5.41) is 0.948. The Balaban J connectivity index is 1.88. The van der Waals surface area contributed by atoms with E-state index in [1.165, 1.54) is 0 Å². The number of fused-ring (bicyclic) bond motifs is 1. The standard InChI is InChI=1S/C21H19N5O2S/c1-2-26-29(27,28)20-12-16(13-25-21(20)22)15-3-4-19-18(11-15)17(7-10-24-19)14-5-8-23-9-6-14/h3-13,26H,2H2,1H3,(H2,22,25). The van der Waals surface area contributed by atoms with Gasteiger partial charge in [-0.3, -0.25) is 9.97 Å². The zero-order valence-corrected chi connectivity index (χ0v) is 16.5. The molecule has 0 fully saturated rings. The molecule has 0 spiro atoms. The number of nitrogens with one attached hydrogen (secondary N) is 1. The molecule has 0 bridgehead atoms. The van der Waals surface area contributed by atoms with Crippen molar-refractivity contribution in [3.8, 4) is 22.3 Å². The Morgan fingerprint density at radius 3 is 2.48 bits per heavy atom. The molecule has 0 aliphatic carbocycles. The van der Waals surface area contributed by atoms with Crippen molar-refractivity contribution in [3.05, 3.63) is 67.3 Å². The monoisotopic (exact) mass is 405 g/mol. The van der Waals surface area contributed by atoms with E-state index in [4.69, 9.17) is 5.73 Å². The maximum absolute atomic E-state index is 12.4. The van der Waals surface area contributed by atoms with Gasteiger partial charge in [-0.15, -0.1) is 0 Å². The summed E-state index contributed by atoms with van der Waals surface area (Å²) in [6.45, 7) is 1.98. The molecule has 4 rings (SSSR count). The van der Waals surface area contributed by atoms with Crippen molar-refractivity contribution < 1.29 is 8.42 Å². The van der Waals surface area contributed by atoms with Crippen LogP contribution in [0.2, 0.25) is 0 Å². The van der Waals surface area contributed by atoms with Gasteiger partial charge in [0.25, 0.3) is 0 Å². The van der Waals surface area contributed by atoms with Gasteiger partial charge in [-0.25, -0.2) is 18.1 Å². The highest BCUT2D eigenvalue weighted by Crippen LogP contribution is 2.32. The van der Waals surface area contributed by atoms with Gasteiger partial charge in [0.1, 0.15) is 10.7 Å². The Morgan fingerprint density at radius 1 is 0.931 bits per heavy atom. The Labute approximate surface area is 168 Å². The summed E-state index contributed by atoms with van der Waals surface area (Å²) in [5.41, 5.74) is 10.2. The van der Waals surface area contributed by atoms with E-state index in [1.807, 2.05) is 36.4 Å². The predicted molar refractivity (Wildman–Crippen MR) is 113 cm³/mol. The fourth-order valence-electron chi connectivity index (χ4n) is 3.21. The van der Waals surface area contributed by atoms with Crippen LogP contribution in [0, 0.1) is 0 Å². The highest BCUT2D eigenvalue weighted by molar-refractivity contribution is 7.89. The molecule has 0 unspecified atom stereocenters. The molecule has 0 aliphatic rings. The van der Waals surface area contributed by atoms with Gasteiger partial charge in [0.05, 0.1) is 5.52 Å². The molecule has 0 radical (unpaired) electrons. The molecule has 0 saturated carbocycles. The highest BCUT2D eigenvalue weighted by atomic mass is 32.2. The van der Waals surface area contributed by atoms with Gasteiger partial charge >= 0.3 is 0 Å². The van der Waals surface area contributed by atoms with E-state index in [1.54, 1.807) is 37.8 Å². The minimum Gasteiger partial charge on any atom is -0.383 e. The van der Waals surface area contributed by atoms with Gasteiger partial charge in [-0.05, 0) is 53.1 Å². The normalized spacial score (nSPS) is 11.6. The third-order valence-electron chi connectivity index (χ3n) is 4.57. The van der Waals surface area contributed by atoms with Gasteiger partial charge in [-0.1, -0.05) is 13.0 Å². The van der Waals surface area contributed by atoms with E-state index in [2.05, 4.69) is 19.7 Å². The van der Waals surface area contributed by atoms with Gasteiger partial charge in [0.2, 0.25) is 10.0 Å². The molecule has 3 aromatic heterocycles. The maximum Gasteiger partial charge on any atom is 0.244 e. The fourth-order valence-corrected chi connectivity index (χ4v) is 4.35. The van der Waals surface area contributed by atoms with E-state index in [9.17, 15) is 8.42 Å². The van der Waals surface area contributed by atoms with Crippen LogP contribution >= 0.6 is 0 Å². The molecule has 29 heavy (non-hydrogen) atoms. The van der Waals surface area contributed by atoms with E-state index >= 15 is 0 Å². The fraction of sp³-hybridized carbons (Fsp3) is 0.0952. The summed E-state index contributed by atoms with van der Waals surface area (Å²) in [4.78, 5) is 12.6. The number of rotatable bonds is 5. The first-order valence-electron chi connectivity index (χ1n) is 9.04. The van der Waals surface area contributed by atoms with Crippen molar-refractivity contribution in [2.75, 3.05) is 12.3 Å². The smallest absolute Gasteiger partial charge is 0.244 e. The number of nitrogen functional groups attached to an aromatic ring is 1. The van der Waals surface area contributed by atoms with E-state index in [-0.39, 0.29) is 17.3 Å². The average Bonchev–Trinajstić information content (AvgIpc) is 2.74. The zero-order chi connectivity index (χ0) is 20.4. The van der Waals surface area contributed by atoms with Crippen LogP contribution in [0.3, 0.4) is 0 Å². The summed E-state index contributed by atoms with van der Waals surface area (Å²) in [7, 11) is -3.72. The molecular weight excluding hydrogens is 386 g/mol. The van der Waals surface area contributed by atoms with Crippen LogP contribution < -0.4 is 10.5 Å². The van der Waals surface area contributed by atoms with E-state index < -0.39 is 10.0 Å². The van der Waals surface area contributed by atoms with Crippen LogP contribution in [-0.2, 0) is 10.0 Å². The van der Waals surface area contributed by atoms with Crippen LogP contribution in [0.1, 0.15) is 6.92 Å². The first-order valence-corrected chi connectivity index (χ1v) is 10.5. The summed E-state index contributed by atoms with van der Waals surface area (Å²) in [6.07, 6.45) is 6.83. The Morgan fingerprint density at radius 2 is 1.72 bits per heavy atom. The van der Waals surface area contributed by atoms with Crippen LogP contribution in [0.4, 0.5) is 5.82 Å². The number of sulfonamides is 1. The lowest BCUT2D eigenvalue weighted by molar-refractivity contribution is 0.584. The lowest BCUT2D eigenvalue weighted by Crippen LogP contribution is -2.24. The van der Waals surface area contributed by atoms with Crippen molar-refractivity contribution in [1.29, 1.82) is 0 Å². The molecule has 0 atom stereocenters. The summed E-state index contributed by atoms with van der Waals surface area (Å²) >= 11 is 0. The Kier molecular flexibility index (Phi) is 4.96. The van der Waals surface area contributed by atoms with Crippen LogP contribution in [0.25, 0.3) is 33.2 Å². The molecule has 3 heterocycles. The number of hydrogen-bond acceptors (Lipinski definition) is 6. The number of nitrogens with two attached hydrogens (primary N) is 1. The zero-order valence-electron chi connectivity index (χ0n) is 15.7. The van der Waals surface area contributed by atoms with Gasteiger partial charge < -0.3 is 5.73 Å². The molecular formula is C21H19N5O2S. The average molecular weight is 405 g/mol. The number of pyridine rings is 3. The molecule has 0 amide bonds. The van der Waals surface area contributed by atoms with Crippen LogP contribution in [-0.4, -0.2) is 29.9 Å². The molecule has 0 aliphatic heterocycles. The molecule has 0 saturated heterocycles. The SMILES string of the molecule is CCNS(=O)(=O)c1cc(-c2ccc3nccc(-c4ccncc4)c3c2)cnc1N. The number of nitrogens with zero attached hydrogens (tertiary/aromatic N) is 3.